The lowest BCUT2D eigenvalue weighted by molar-refractivity contribution is -0.914. The monoisotopic (exact) mass is 341 g/mol. The van der Waals surface area contributed by atoms with Crippen LogP contribution in [0.3, 0.4) is 0 Å². The third kappa shape index (κ3) is 4.13. The number of anilines is 1. The Hall–Kier alpha value is -2.93. The summed E-state index contributed by atoms with van der Waals surface area (Å²) in [5.41, 5.74) is 2.48. The summed E-state index contributed by atoms with van der Waals surface area (Å²) in [4.78, 5) is 14.6. The van der Waals surface area contributed by atoms with Crippen molar-refractivity contribution < 1.29 is 15.0 Å². The molecule has 1 aliphatic heterocycles. The highest BCUT2D eigenvalue weighted by Crippen LogP contribution is 2.28. The van der Waals surface area contributed by atoms with Crippen LogP contribution in [0.2, 0.25) is 0 Å². The first-order valence-electron chi connectivity index (χ1n) is 8.25. The highest BCUT2D eigenvalue weighted by molar-refractivity contribution is 5.82. The number of nitro benzene ring substituents is 1. The van der Waals surface area contributed by atoms with Crippen molar-refractivity contribution in [3.63, 3.8) is 0 Å². The van der Waals surface area contributed by atoms with E-state index < -0.39 is 0 Å². The fourth-order valence-electron chi connectivity index (χ4n) is 3.23. The summed E-state index contributed by atoms with van der Waals surface area (Å²) in [6, 6.07) is 15.3. The number of piperazine rings is 1. The minimum atomic E-state index is -0.382. The lowest BCUT2D eigenvalue weighted by Crippen LogP contribution is -3.13. The van der Waals surface area contributed by atoms with E-state index in [-0.39, 0.29) is 10.6 Å². The van der Waals surface area contributed by atoms with E-state index in [1.54, 1.807) is 12.1 Å². The molecule has 7 nitrogen and oxygen atoms in total. The molecule has 0 atom stereocenters. The number of oxime groups is 1. The first-order valence-corrected chi connectivity index (χ1v) is 8.25. The first kappa shape index (κ1) is 16.9. The largest absolute Gasteiger partial charge is 0.411 e. The lowest BCUT2D eigenvalue weighted by atomic mass is 10.1. The third-order valence-electron chi connectivity index (χ3n) is 4.51. The molecule has 2 aromatic rings. The second-order valence-electron chi connectivity index (χ2n) is 6.15. The lowest BCUT2D eigenvalue weighted by Gasteiger charge is -2.33. The van der Waals surface area contributed by atoms with Crippen LogP contribution in [0.1, 0.15) is 11.1 Å². The Bertz CT molecular complexity index is 756. The molecule has 2 N–H and O–H groups in total. The van der Waals surface area contributed by atoms with E-state index in [0.29, 0.717) is 11.3 Å². The number of nitrogens with one attached hydrogen (secondary N) is 1. The van der Waals surface area contributed by atoms with Gasteiger partial charge in [0.05, 0.1) is 37.3 Å². The Morgan fingerprint density at radius 2 is 1.92 bits per heavy atom. The van der Waals surface area contributed by atoms with Crippen molar-refractivity contribution in [1.29, 1.82) is 0 Å². The average Bonchev–Trinajstić information content (AvgIpc) is 2.63. The maximum Gasteiger partial charge on any atom is 0.293 e. The number of rotatable bonds is 5. The number of nitrogens with zero attached hydrogens (tertiary/aromatic N) is 3. The minimum Gasteiger partial charge on any atom is -0.411 e. The molecule has 0 aromatic heterocycles. The summed E-state index contributed by atoms with van der Waals surface area (Å²) in [5.74, 6) is 0. The summed E-state index contributed by atoms with van der Waals surface area (Å²) in [6.45, 7) is 4.40. The molecule has 0 bridgehead atoms. The van der Waals surface area contributed by atoms with Gasteiger partial charge < -0.3 is 15.0 Å². The maximum absolute atomic E-state index is 11.4. The van der Waals surface area contributed by atoms with E-state index in [1.807, 2.05) is 18.2 Å². The van der Waals surface area contributed by atoms with Crippen LogP contribution in [0.4, 0.5) is 11.4 Å². The van der Waals surface area contributed by atoms with E-state index in [2.05, 4.69) is 22.2 Å². The quantitative estimate of drug-likeness (QED) is 0.372. The van der Waals surface area contributed by atoms with Gasteiger partial charge in [-0.25, -0.2) is 0 Å². The Morgan fingerprint density at radius 1 is 1.20 bits per heavy atom. The second kappa shape index (κ2) is 7.76. The SMILES string of the molecule is O=[N+]([O-])c1cc(/C=N\O)ccc1N1CC[NH+](Cc2ccccc2)CC1. The predicted molar refractivity (Wildman–Crippen MR) is 95.5 cm³/mol. The molecule has 7 heteroatoms. The van der Waals surface area contributed by atoms with Crippen molar-refractivity contribution in [2.45, 2.75) is 6.54 Å². The van der Waals surface area contributed by atoms with E-state index in [4.69, 9.17) is 5.21 Å². The molecule has 25 heavy (non-hydrogen) atoms. The van der Waals surface area contributed by atoms with E-state index in [9.17, 15) is 10.1 Å². The van der Waals surface area contributed by atoms with Gasteiger partial charge in [0.15, 0.2) is 0 Å². The van der Waals surface area contributed by atoms with Crippen LogP contribution >= 0.6 is 0 Å². The highest BCUT2D eigenvalue weighted by atomic mass is 16.6. The van der Waals surface area contributed by atoms with Crippen LogP contribution in [-0.2, 0) is 6.54 Å². The fraction of sp³-hybridized carbons (Fsp3) is 0.278. The third-order valence-corrected chi connectivity index (χ3v) is 4.51. The van der Waals surface area contributed by atoms with Gasteiger partial charge in [0.1, 0.15) is 12.2 Å². The van der Waals surface area contributed by atoms with E-state index in [1.165, 1.54) is 22.7 Å². The maximum atomic E-state index is 11.4. The Morgan fingerprint density at radius 3 is 2.56 bits per heavy atom. The van der Waals surface area contributed by atoms with Gasteiger partial charge in [-0.05, 0) is 6.07 Å². The van der Waals surface area contributed by atoms with Gasteiger partial charge in [0.2, 0.25) is 0 Å². The molecule has 1 fully saturated rings. The molecule has 3 rings (SSSR count). The smallest absolute Gasteiger partial charge is 0.293 e. The van der Waals surface area contributed by atoms with Crippen LogP contribution in [0.5, 0.6) is 0 Å². The van der Waals surface area contributed by atoms with Crippen LogP contribution in [-0.4, -0.2) is 42.5 Å². The number of hydrogen-bond donors (Lipinski definition) is 2. The summed E-state index contributed by atoms with van der Waals surface area (Å²) in [6.07, 6.45) is 1.19. The van der Waals surface area contributed by atoms with Gasteiger partial charge in [0, 0.05) is 17.2 Å². The number of hydrogen-bond acceptors (Lipinski definition) is 5. The zero-order valence-electron chi connectivity index (χ0n) is 13.8. The molecule has 130 valence electrons. The average molecular weight is 341 g/mol. The van der Waals surface area contributed by atoms with Crippen molar-refractivity contribution in [2.75, 3.05) is 31.1 Å². The molecule has 0 saturated carbocycles. The van der Waals surface area contributed by atoms with E-state index in [0.717, 1.165) is 32.7 Å². The van der Waals surface area contributed by atoms with Crippen molar-refractivity contribution in [3.05, 3.63) is 69.8 Å². The van der Waals surface area contributed by atoms with Gasteiger partial charge >= 0.3 is 0 Å². The first-order chi connectivity index (χ1) is 12.2. The number of nitro groups is 1. The molecule has 0 spiro atoms. The van der Waals surface area contributed by atoms with Gasteiger partial charge in [-0.15, -0.1) is 0 Å². The minimum absolute atomic E-state index is 0.0453. The molecular weight excluding hydrogens is 320 g/mol. The Labute approximate surface area is 145 Å². The predicted octanol–water partition coefficient (Wildman–Crippen LogP) is 1.31. The Balaban J connectivity index is 1.69. The van der Waals surface area contributed by atoms with Gasteiger partial charge in [-0.1, -0.05) is 41.6 Å². The van der Waals surface area contributed by atoms with Crippen LogP contribution in [0.25, 0.3) is 0 Å². The van der Waals surface area contributed by atoms with Crippen molar-refractivity contribution >= 4 is 17.6 Å². The normalized spacial score (nSPS) is 15.6. The van der Waals surface area contributed by atoms with Crippen molar-refractivity contribution in [3.8, 4) is 0 Å². The molecule has 0 aliphatic carbocycles. The van der Waals surface area contributed by atoms with Crippen molar-refractivity contribution in [1.82, 2.24) is 0 Å². The molecule has 1 aliphatic rings. The van der Waals surface area contributed by atoms with E-state index >= 15 is 0 Å². The number of quaternary nitrogens is 1. The standard InChI is InChI=1S/C18H20N4O3/c23-19-13-16-6-7-17(18(12-16)22(24)25)21-10-8-20(9-11-21)14-15-4-2-1-3-5-15/h1-7,12-13,23H,8-11,14H2/p+1/b19-13-. The van der Waals surface area contributed by atoms with Crippen LogP contribution in [0.15, 0.2) is 53.7 Å². The molecule has 0 unspecified atom stereocenters. The fourth-order valence-corrected chi connectivity index (χ4v) is 3.23. The molecule has 1 heterocycles. The number of benzene rings is 2. The molecule has 0 amide bonds. The summed E-state index contributed by atoms with van der Waals surface area (Å²) < 4.78 is 0. The zero-order valence-corrected chi connectivity index (χ0v) is 13.8. The summed E-state index contributed by atoms with van der Waals surface area (Å²) >= 11 is 0. The Kier molecular flexibility index (Phi) is 5.25. The van der Waals surface area contributed by atoms with Crippen LogP contribution in [0, 0.1) is 10.1 Å². The van der Waals surface area contributed by atoms with Gasteiger partial charge in [-0.3, -0.25) is 10.1 Å². The van der Waals surface area contributed by atoms with Gasteiger partial charge in [-0.2, -0.15) is 0 Å². The summed E-state index contributed by atoms with van der Waals surface area (Å²) in [7, 11) is 0. The molecular formula is C18H21N4O3+. The zero-order chi connectivity index (χ0) is 17.6. The van der Waals surface area contributed by atoms with Crippen LogP contribution < -0.4 is 9.80 Å². The second-order valence-corrected chi connectivity index (χ2v) is 6.15. The summed E-state index contributed by atoms with van der Waals surface area (Å²) in [5, 5.41) is 22.9. The molecule has 2 aromatic carbocycles. The molecule has 0 radical (unpaired) electrons. The topological polar surface area (TPSA) is 83.4 Å². The van der Waals surface area contributed by atoms with Crippen molar-refractivity contribution in [2.24, 2.45) is 5.16 Å². The van der Waals surface area contributed by atoms with Gasteiger partial charge in [0.25, 0.3) is 5.69 Å². The molecule has 1 saturated heterocycles. The highest BCUT2D eigenvalue weighted by Gasteiger charge is 2.25.